The summed E-state index contributed by atoms with van der Waals surface area (Å²) in [6.45, 7) is 0.231. The number of carboxylic acid groups (broad SMARTS) is 1. The van der Waals surface area contributed by atoms with Crippen LogP contribution in [0, 0.1) is 0 Å². The van der Waals surface area contributed by atoms with Gasteiger partial charge in [-0.15, -0.1) is 0 Å². The van der Waals surface area contributed by atoms with Gasteiger partial charge >= 0.3 is 5.97 Å². The van der Waals surface area contributed by atoms with E-state index in [0.29, 0.717) is 5.56 Å². The van der Waals surface area contributed by atoms with Gasteiger partial charge in [0.2, 0.25) is 5.91 Å². The minimum absolute atomic E-state index is 0.0262. The molecule has 1 aliphatic heterocycles. The Hall–Kier alpha value is -4.26. The summed E-state index contributed by atoms with van der Waals surface area (Å²) in [5.74, 6) is -3.06. The Morgan fingerprint density at radius 1 is 0.839 bits per heavy atom. The van der Waals surface area contributed by atoms with Crippen LogP contribution in [0.15, 0.2) is 78.9 Å². The van der Waals surface area contributed by atoms with Gasteiger partial charge in [0.05, 0.1) is 16.7 Å². The van der Waals surface area contributed by atoms with Crippen molar-refractivity contribution in [1.82, 2.24) is 10.2 Å². The zero-order valence-electron chi connectivity index (χ0n) is 16.3. The second kappa shape index (κ2) is 8.23. The van der Waals surface area contributed by atoms with Crippen molar-refractivity contribution in [2.75, 3.05) is 0 Å². The molecule has 1 heterocycles. The third-order valence-electron chi connectivity index (χ3n) is 5.10. The fourth-order valence-electron chi connectivity index (χ4n) is 3.56. The number of imide groups is 1. The fourth-order valence-corrected chi connectivity index (χ4v) is 3.56. The van der Waals surface area contributed by atoms with E-state index < -0.39 is 29.7 Å². The van der Waals surface area contributed by atoms with Crippen LogP contribution in [0.25, 0.3) is 0 Å². The summed E-state index contributed by atoms with van der Waals surface area (Å²) in [5, 5.41) is 12.0. The smallest absolute Gasteiger partial charge is 0.335 e. The number of hydrogen-bond donors (Lipinski definition) is 2. The zero-order chi connectivity index (χ0) is 22.0. The molecule has 2 N–H and O–H groups in total. The molecule has 0 saturated carbocycles. The lowest BCUT2D eigenvalue weighted by atomic mass is 10.0. The number of carboxylic acids is 1. The third-order valence-corrected chi connectivity index (χ3v) is 5.10. The number of rotatable bonds is 6. The lowest BCUT2D eigenvalue weighted by molar-refractivity contribution is -0.125. The van der Waals surface area contributed by atoms with Crippen molar-refractivity contribution >= 4 is 23.7 Å². The van der Waals surface area contributed by atoms with Crippen LogP contribution >= 0.6 is 0 Å². The van der Waals surface area contributed by atoms with Crippen LogP contribution in [-0.2, 0) is 11.3 Å². The highest BCUT2D eigenvalue weighted by Gasteiger charge is 2.43. The molecule has 31 heavy (non-hydrogen) atoms. The van der Waals surface area contributed by atoms with Gasteiger partial charge in [-0.1, -0.05) is 60.7 Å². The maximum Gasteiger partial charge on any atom is 0.335 e. The summed E-state index contributed by atoms with van der Waals surface area (Å²) < 4.78 is 0. The molecule has 7 heteroatoms. The summed E-state index contributed by atoms with van der Waals surface area (Å²) in [7, 11) is 0. The normalized spacial score (nSPS) is 13.6. The van der Waals surface area contributed by atoms with Crippen molar-refractivity contribution < 1.29 is 24.3 Å². The molecular formula is C24H18N2O5. The van der Waals surface area contributed by atoms with Crippen molar-refractivity contribution in [3.63, 3.8) is 0 Å². The van der Waals surface area contributed by atoms with E-state index in [-0.39, 0.29) is 23.2 Å². The molecule has 0 aliphatic carbocycles. The standard InChI is InChI=1S/C24H18N2O5/c27-21(25-14-15-7-3-1-4-8-15)20(16-9-5-2-6-10-16)26-22(28)18-12-11-17(24(30)31)13-19(18)23(26)29/h1-13,20H,14H2,(H,25,27)(H,30,31)/t20-/m0/s1. The number of fused-ring (bicyclic) bond motifs is 1. The molecule has 1 atom stereocenters. The van der Waals surface area contributed by atoms with E-state index in [1.54, 1.807) is 30.3 Å². The molecule has 7 nitrogen and oxygen atoms in total. The molecule has 1 aliphatic rings. The Kier molecular flexibility index (Phi) is 5.32. The molecule has 0 fully saturated rings. The fraction of sp³-hybridized carbons (Fsp3) is 0.0833. The predicted molar refractivity (Wildman–Crippen MR) is 111 cm³/mol. The third kappa shape index (κ3) is 3.81. The van der Waals surface area contributed by atoms with Crippen LogP contribution in [-0.4, -0.2) is 33.7 Å². The molecule has 0 radical (unpaired) electrons. The highest BCUT2D eigenvalue weighted by molar-refractivity contribution is 6.23. The number of nitrogens with one attached hydrogen (secondary N) is 1. The highest BCUT2D eigenvalue weighted by atomic mass is 16.4. The monoisotopic (exact) mass is 414 g/mol. The molecule has 0 spiro atoms. The van der Waals surface area contributed by atoms with Crippen molar-refractivity contribution in [1.29, 1.82) is 0 Å². The van der Waals surface area contributed by atoms with Gasteiger partial charge in [0.25, 0.3) is 11.8 Å². The Morgan fingerprint density at radius 3 is 2.10 bits per heavy atom. The molecule has 3 amide bonds. The van der Waals surface area contributed by atoms with Crippen molar-refractivity contribution in [3.05, 3.63) is 107 Å². The van der Waals surface area contributed by atoms with Gasteiger partial charge in [-0.3, -0.25) is 19.3 Å². The van der Waals surface area contributed by atoms with E-state index in [1.807, 2.05) is 30.3 Å². The van der Waals surface area contributed by atoms with E-state index in [2.05, 4.69) is 5.32 Å². The molecule has 0 unspecified atom stereocenters. The van der Waals surface area contributed by atoms with Crippen LogP contribution < -0.4 is 5.32 Å². The number of carbonyl (C=O) groups excluding carboxylic acids is 3. The van der Waals surface area contributed by atoms with Crippen LogP contribution in [0.4, 0.5) is 0 Å². The number of nitrogens with zero attached hydrogens (tertiary/aromatic N) is 1. The topological polar surface area (TPSA) is 104 Å². The van der Waals surface area contributed by atoms with Gasteiger partial charge in [-0.2, -0.15) is 0 Å². The van der Waals surface area contributed by atoms with Gasteiger partial charge in [-0.05, 0) is 29.3 Å². The molecular weight excluding hydrogens is 396 g/mol. The highest BCUT2D eigenvalue weighted by Crippen LogP contribution is 2.32. The molecule has 4 rings (SSSR count). The van der Waals surface area contributed by atoms with Gasteiger partial charge < -0.3 is 10.4 Å². The Balaban J connectivity index is 1.69. The summed E-state index contributed by atoms with van der Waals surface area (Å²) in [6, 6.07) is 20.4. The predicted octanol–water partition coefficient (Wildman–Crippen LogP) is 3.04. The Bertz CT molecular complexity index is 1180. The Morgan fingerprint density at radius 2 is 1.45 bits per heavy atom. The SMILES string of the molecule is O=C(O)c1ccc2c(c1)C(=O)N([C@H](C(=O)NCc1ccccc1)c1ccccc1)C2=O. The summed E-state index contributed by atoms with van der Waals surface area (Å²) in [5.41, 5.74) is 1.29. The van der Waals surface area contributed by atoms with E-state index in [9.17, 15) is 24.3 Å². The summed E-state index contributed by atoms with van der Waals surface area (Å²) in [4.78, 5) is 51.5. The van der Waals surface area contributed by atoms with Crippen molar-refractivity contribution in [2.24, 2.45) is 0 Å². The average molecular weight is 414 g/mol. The summed E-state index contributed by atoms with van der Waals surface area (Å²) >= 11 is 0. The van der Waals surface area contributed by atoms with Crippen LogP contribution in [0.2, 0.25) is 0 Å². The van der Waals surface area contributed by atoms with E-state index in [4.69, 9.17) is 0 Å². The molecule has 0 bridgehead atoms. The minimum atomic E-state index is -1.21. The zero-order valence-corrected chi connectivity index (χ0v) is 16.3. The first-order valence-corrected chi connectivity index (χ1v) is 9.59. The quantitative estimate of drug-likeness (QED) is 0.604. The van der Waals surface area contributed by atoms with Crippen molar-refractivity contribution in [2.45, 2.75) is 12.6 Å². The largest absolute Gasteiger partial charge is 0.478 e. The molecule has 0 saturated heterocycles. The molecule has 154 valence electrons. The van der Waals surface area contributed by atoms with Crippen molar-refractivity contribution in [3.8, 4) is 0 Å². The first kappa shape index (κ1) is 20.0. The second-order valence-corrected chi connectivity index (χ2v) is 7.06. The average Bonchev–Trinajstić information content (AvgIpc) is 3.04. The van der Waals surface area contributed by atoms with Gasteiger partial charge in [-0.25, -0.2) is 4.79 Å². The molecule has 3 aromatic rings. The number of aromatic carboxylic acids is 1. The first-order valence-electron chi connectivity index (χ1n) is 9.59. The lowest BCUT2D eigenvalue weighted by Gasteiger charge is -2.25. The van der Waals surface area contributed by atoms with Crippen LogP contribution in [0.3, 0.4) is 0 Å². The van der Waals surface area contributed by atoms with E-state index >= 15 is 0 Å². The maximum absolute atomic E-state index is 13.2. The van der Waals surface area contributed by atoms with E-state index in [1.165, 1.54) is 18.2 Å². The number of hydrogen-bond acceptors (Lipinski definition) is 4. The van der Waals surface area contributed by atoms with Gasteiger partial charge in [0.1, 0.15) is 6.04 Å². The number of benzene rings is 3. The van der Waals surface area contributed by atoms with Gasteiger partial charge in [0, 0.05) is 6.54 Å². The summed E-state index contributed by atoms with van der Waals surface area (Å²) in [6.07, 6.45) is 0. The maximum atomic E-state index is 13.2. The second-order valence-electron chi connectivity index (χ2n) is 7.06. The first-order chi connectivity index (χ1) is 15.0. The van der Waals surface area contributed by atoms with Gasteiger partial charge in [0.15, 0.2) is 0 Å². The number of carbonyl (C=O) groups is 4. The van der Waals surface area contributed by atoms with Crippen LogP contribution in [0.5, 0.6) is 0 Å². The Labute approximate surface area is 177 Å². The molecule has 3 aromatic carbocycles. The van der Waals surface area contributed by atoms with E-state index in [0.717, 1.165) is 10.5 Å². The van der Waals surface area contributed by atoms with Crippen LogP contribution in [0.1, 0.15) is 48.2 Å². The number of amides is 3. The molecule has 0 aromatic heterocycles. The minimum Gasteiger partial charge on any atom is -0.478 e. The lowest BCUT2D eigenvalue weighted by Crippen LogP contribution is -2.43.